The Morgan fingerprint density at radius 3 is 2.12 bits per heavy atom. The molecule has 1 aromatic carbocycles. The van der Waals surface area contributed by atoms with Gasteiger partial charge < -0.3 is 14.9 Å². The highest BCUT2D eigenvalue weighted by Crippen LogP contribution is 2.32. The van der Waals surface area contributed by atoms with Crippen LogP contribution in [0.4, 0.5) is 11.4 Å². The van der Waals surface area contributed by atoms with E-state index >= 15 is 0 Å². The average Bonchev–Trinajstić information content (AvgIpc) is 2.77. The van der Waals surface area contributed by atoms with E-state index in [9.17, 15) is 18.3 Å². The SMILES string of the molecule is Cc1c(/N=N/c2ccc(S(=O)(=O)NCCCN(C)C)cc2)c(O)n(CCCN(C)C)c(=O)c1C. The van der Waals surface area contributed by atoms with Gasteiger partial charge in [0.05, 0.1) is 10.6 Å². The van der Waals surface area contributed by atoms with Gasteiger partial charge in [-0.2, -0.15) is 5.11 Å². The molecule has 188 valence electrons. The van der Waals surface area contributed by atoms with Crippen LogP contribution < -0.4 is 10.3 Å². The van der Waals surface area contributed by atoms with Gasteiger partial charge in [-0.25, -0.2) is 13.1 Å². The van der Waals surface area contributed by atoms with Crippen molar-refractivity contribution in [2.24, 2.45) is 10.2 Å². The Morgan fingerprint density at radius 2 is 1.53 bits per heavy atom. The van der Waals surface area contributed by atoms with Gasteiger partial charge in [-0.05, 0) is 97.8 Å². The van der Waals surface area contributed by atoms with Crippen LogP contribution in [0, 0.1) is 13.8 Å². The number of nitrogens with zero attached hydrogens (tertiary/aromatic N) is 5. The summed E-state index contributed by atoms with van der Waals surface area (Å²) < 4.78 is 28.8. The molecule has 10 nitrogen and oxygen atoms in total. The second-order valence-corrected chi connectivity index (χ2v) is 10.6. The number of nitrogens with one attached hydrogen (secondary N) is 1. The van der Waals surface area contributed by atoms with Crippen molar-refractivity contribution >= 4 is 21.4 Å². The maximum Gasteiger partial charge on any atom is 0.256 e. The van der Waals surface area contributed by atoms with Crippen molar-refractivity contribution in [2.75, 3.05) is 47.8 Å². The smallest absolute Gasteiger partial charge is 0.256 e. The highest BCUT2D eigenvalue weighted by Gasteiger charge is 2.17. The Balaban J connectivity index is 2.20. The summed E-state index contributed by atoms with van der Waals surface area (Å²) >= 11 is 0. The van der Waals surface area contributed by atoms with Crippen LogP contribution in [0.1, 0.15) is 24.0 Å². The molecule has 0 bridgehead atoms. The fraction of sp³-hybridized carbons (Fsp3) is 0.522. The first-order valence-electron chi connectivity index (χ1n) is 11.2. The second kappa shape index (κ2) is 12.2. The van der Waals surface area contributed by atoms with E-state index in [2.05, 4.69) is 15.0 Å². The summed E-state index contributed by atoms with van der Waals surface area (Å²) in [5.74, 6) is -0.225. The fourth-order valence-electron chi connectivity index (χ4n) is 3.29. The molecule has 11 heteroatoms. The first kappa shape index (κ1) is 27.6. The van der Waals surface area contributed by atoms with Crippen LogP contribution in [0.25, 0.3) is 0 Å². The van der Waals surface area contributed by atoms with Crippen molar-refractivity contribution in [3.63, 3.8) is 0 Å². The predicted molar refractivity (Wildman–Crippen MR) is 134 cm³/mol. The van der Waals surface area contributed by atoms with E-state index in [-0.39, 0.29) is 22.0 Å². The standard InChI is InChI=1S/C23H36N6O4S/c1-17-18(2)22(30)29(16-8-15-28(5)6)23(31)21(17)26-25-19-9-11-20(12-10-19)34(32,33)24-13-7-14-27(3)4/h9-12,24,31H,7-8,13-16H2,1-6H3/b26-25+. The van der Waals surface area contributed by atoms with Crippen molar-refractivity contribution in [2.45, 2.75) is 38.1 Å². The molecule has 0 aliphatic heterocycles. The minimum atomic E-state index is -3.61. The molecular formula is C23H36N6O4S. The molecule has 1 aromatic heterocycles. The highest BCUT2D eigenvalue weighted by molar-refractivity contribution is 7.89. The topological polar surface area (TPSA) is 120 Å². The predicted octanol–water partition coefficient (Wildman–Crippen LogP) is 2.77. The number of benzene rings is 1. The molecular weight excluding hydrogens is 456 g/mol. The van der Waals surface area contributed by atoms with Crippen LogP contribution in [-0.4, -0.2) is 75.7 Å². The molecule has 0 aliphatic rings. The molecule has 0 spiro atoms. The molecule has 0 radical (unpaired) electrons. The summed E-state index contributed by atoms with van der Waals surface area (Å²) in [6.45, 7) is 5.69. The summed E-state index contributed by atoms with van der Waals surface area (Å²) in [7, 11) is 4.15. The first-order valence-corrected chi connectivity index (χ1v) is 12.7. The Morgan fingerprint density at radius 1 is 0.941 bits per heavy atom. The number of aromatic nitrogens is 1. The van der Waals surface area contributed by atoms with Crippen LogP contribution >= 0.6 is 0 Å². The first-order chi connectivity index (χ1) is 15.9. The molecule has 34 heavy (non-hydrogen) atoms. The Labute approximate surface area is 202 Å². The number of aromatic hydroxyl groups is 1. The van der Waals surface area contributed by atoms with Crippen LogP contribution in [0.2, 0.25) is 0 Å². The zero-order chi connectivity index (χ0) is 25.5. The monoisotopic (exact) mass is 492 g/mol. The van der Waals surface area contributed by atoms with E-state index in [1.807, 2.05) is 38.0 Å². The van der Waals surface area contributed by atoms with Crippen molar-refractivity contribution in [3.8, 4) is 5.88 Å². The lowest BCUT2D eigenvalue weighted by Crippen LogP contribution is -2.27. The fourth-order valence-corrected chi connectivity index (χ4v) is 4.36. The van der Waals surface area contributed by atoms with E-state index in [0.717, 1.165) is 13.1 Å². The molecule has 0 aliphatic carbocycles. The van der Waals surface area contributed by atoms with Crippen LogP contribution in [-0.2, 0) is 16.6 Å². The average molecular weight is 493 g/mol. The van der Waals surface area contributed by atoms with Crippen molar-refractivity contribution in [3.05, 3.63) is 45.7 Å². The molecule has 0 saturated heterocycles. The lowest BCUT2D eigenvalue weighted by molar-refractivity contribution is 0.362. The van der Waals surface area contributed by atoms with E-state index in [0.29, 0.717) is 42.7 Å². The van der Waals surface area contributed by atoms with Crippen molar-refractivity contribution in [1.29, 1.82) is 0 Å². The van der Waals surface area contributed by atoms with Gasteiger partial charge in [0, 0.05) is 18.7 Å². The Bertz CT molecular complexity index is 1160. The summed E-state index contributed by atoms with van der Waals surface area (Å²) in [5, 5.41) is 19.1. The largest absolute Gasteiger partial charge is 0.493 e. The van der Waals surface area contributed by atoms with Gasteiger partial charge in [-0.1, -0.05) is 0 Å². The minimum absolute atomic E-state index is 0.139. The van der Waals surface area contributed by atoms with E-state index in [4.69, 9.17) is 0 Å². The molecule has 2 N–H and O–H groups in total. The number of rotatable bonds is 12. The number of pyridine rings is 1. The van der Waals surface area contributed by atoms with Crippen molar-refractivity contribution < 1.29 is 13.5 Å². The zero-order valence-electron chi connectivity index (χ0n) is 20.9. The third-order valence-corrected chi connectivity index (χ3v) is 6.90. The molecule has 1 heterocycles. The van der Waals surface area contributed by atoms with Gasteiger partial charge in [0.1, 0.15) is 5.69 Å². The second-order valence-electron chi connectivity index (χ2n) is 8.78. The molecule has 2 rings (SSSR count). The normalized spacial score (nSPS) is 12.4. The van der Waals surface area contributed by atoms with Gasteiger partial charge in [0.2, 0.25) is 15.9 Å². The minimum Gasteiger partial charge on any atom is -0.493 e. The van der Waals surface area contributed by atoms with Gasteiger partial charge >= 0.3 is 0 Å². The lowest BCUT2D eigenvalue weighted by atomic mass is 10.1. The van der Waals surface area contributed by atoms with Crippen molar-refractivity contribution in [1.82, 2.24) is 19.1 Å². The van der Waals surface area contributed by atoms with Gasteiger partial charge in [-0.3, -0.25) is 9.36 Å². The summed E-state index contributed by atoms with van der Waals surface area (Å²) in [5.41, 5.74) is 1.45. The number of azo groups is 1. The molecule has 0 atom stereocenters. The molecule has 0 saturated carbocycles. The quantitative estimate of drug-likeness (QED) is 0.347. The third kappa shape index (κ3) is 7.45. The van der Waals surface area contributed by atoms with Gasteiger partial charge in [-0.15, -0.1) is 5.11 Å². The zero-order valence-corrected chi connectivity index (χ0v) is 21.7. The van der Waals surface area contributed by atoms with E-state index < -0.39 is 10.0 Å². The van der Waals surface area contributed by atoms with Crippen LogP contribution in [0.5, 0.6) is 5.88 Å². The molecule has 0 fully saturated rings. The van der Waals surface area contributed by atoms with Gasteiger partial charge in [0.15, 0.2) is 0 Å². The summed E-state index contributed by atoms with van der Waals surface area (Å²) in [6.07, 6.45) is 1.40. The number of hydrogen-bond donors (Lipinski definition) is 2. The number of hydrogen-bond acceptors (Lipinski definition) is 8. The maximum absolute atomic E-state index is 12.6. The summed E-state index contributed by atoms with van der Waals surface area (Å²) in [4.78, 5) is 16.8. The summed E-state index contributed by atoms with van der Waals surface area (Å²) in [6, 6.07) is 6.01. The van der Waals surface area contributed by atoms with Gasteiger partial charge in [0.25, 0.3) is 5.56 Å². The third-order valence-electron chi connectivity index (χ3n) is 5.42. The number of sulfonamides is 1. The van der Waals surface area contributed by atoms with E-state index in [1.54, 1.807) is 26.0 Å². The Hall–Kier alpha value is -2.60. The molecule has 0 amide bonds. The Kier molecular flexibility index (Phi) is 9.92. The van der Waals surface area contributed by atoms with Crippen LogP contribution in [0.15, 0.2) is 44.2 Å². The van der Waals surface area contributed by atoms with Crippen LogP contribution in [0.3, 0.4) is 0 Å². The molecule has 0 unspecified atom stereocenters. The lowest BCUT2D eigenvalue weighted by Gasteiger charge is -2.15. The maximum atomic E-state index is 12.6. The van der Waals surface area contributed by atoms with E-state index in [1.165, 1.54) is 16.7 Å². The highest BCUT2D eigenvalue weighted by atomic mass is 32.2. The molecule has 2 aromatic rings.